The summed E-state index contributed by atoms with van der Waals surface area (Å²) in [7, 11) is 2.06. The van der Waals surface area contributed by atoms with E-state index in [2.05, 4.69) is 42.1 Å². The zero-order valence-electron chi connectivity index (χ0n) is 11.0. The van der Waals surface area contributed by atoms with Gasteiger partial charge in [0, 0.05) is 13.2 Å². The summed E-state index contributed by atoms with van der Waals surface area (Å²) in [6.07, 6.45) is 1.83. The van der Waals surface area contributed by atoms with Gasteiger partial charge in [-0.2, -0.15) is 0 Å². The largest absolute Gasteiger partial charge is 0.345 e. The highest BCUT2D eigenvalue weighted by molar-refractivity contribution is 7.22. The maximum atomic E-state index is 4.73. The van der Waals surface area contributed by atoms with Gasteiger partial charge in [0.2, 0.25) is 0 Å². The molecule has 0 bridgehead atoms. The Balaban J connectivity index is 1.89. The van der Waals surface area contributed by atoms with Crippen LogP contribution in [0.15, 0.2) is 42.6 Å². The van der Waals surface area contributed by atoms with E-state index >= 15 is 0 Å². The molecule has 3 aromatic rings. The van der Waals surface area contributed by atoms with E-state index in [1.165, 1.54) is 10.3 Å². The van der Waals surface area contributed by atoms with Crippen molar-refractivity contribution in [2.75, 3.05) is 11.9 Å². The van der Waals surface area contributed by atoms with Crippen LogP contribution in [-0.2, 0) is 6.54 Å². The molecule has 2 heterocycles. The Bertz CT molecular complexity index is 691. The average Bonchev–Trinajstić information content (AvgIpc) is 2.85. The lowest BCUT2D eigenvalue weighted by Gasteiger charge is -2.14. The molecular weight excluding hydrogens is 254 g/mol. The molecule has 4 heteroatoms. The number of aryl methyl sites for hydroxylation is 1. The molecule has 0 aliphatic carbocycles. The normalized spacial score (nSPS) is 10.8. The SMILES string of the molecule is Cc1cccc2sc(N(C)Cc3ccccn3)nc12. The Morgan fingerprint density at radius 1 is 1.16 bits per heavy atom. The molecule has 0 saturated carbocycles. The molecule has 3 nitrogen and oxygen atoms in total. The molecule has 0 spiro atoms. The number of rotatable bonds is 3. The molecule has 0 fully saturated rings. The number of para-hydroxylation sites is 1. The van der Waals surface area contributed by atoms with E-state index in [9.17, 15) is 0 Å². The number of hydrogen-bond acceptors (Lipinski definition) is 4. The number of fused-ring (bicyclic) bond motifs is 1. The fourth-order valence-corrected chi connectivity index (χ4v) is 3.04. The van der Waals surface area contributed by atoms with Crippen molar-refractivity contribution >= 4 is 26.7 Å². The minimum Gasteiger partial charge on any atom is -0.345 e. The maximum Gasteiger partial charge on any atom is 0.186 e. The minimum atomic E-state index is 0.777. The third-order valence-corrected chi connectivity index (χ3v) is 4.20. The second kappa shape index (κ2) is 4.97. The van der Waals surface area contributed by atoms with Crippen LogP contribution in [0.2, 0.25) is 0 Å². The molecule has 0 radical (unpaired) electrons. The molecule has 0 atom stereocenters. The number of pyridine rings is 1. The van der Waals surface area contributed by atoms with Gasteiger partial charge in [-0.3, -0.25) is 4.98 Å². The third kappa shape index (κ3) is 2.44. The van der Waals surface area contributed by atoms with Gasteiger partial charge in [0.25, 0.3) is 0 Å². The standard InChI is InChI=1S/C15H15N3S/c1-11-6-5-8-13-14(11)17-15(19-13)18(2)10-12-7-3-4-9-16-12/h3-9H,10H2,1-2H3. The van der Waals surface area contributed by atoms with Gasteiger partial charge in [-0.05, 0) is 30.7 Å². The zero-order chi connectivity index (χ0) is 13.2. The van der Waals surface area contributed by atoms with Crippen molar-refractivity contribution in [1.82, 2.24) is 9.97 Å². The zero-order valence-corrected chi connectivity index (χ0v) is 11.8. The summed E-state index contributed by atoms with van der Waals surface area (Å²) in [6, 6.07) is 12.3. The fourth-order valence-electron chi connectivity index (χ4n) is 2.04. The summed E-state index contributed by atoms with van der Waals surface area (Å²) in [6.45, 7) is 2.88. The van der Waals surface area contributed by atoms with Gasteiger partial charge in [0.1, 0.15) is 0 Å². The van der Waals surface area contributed by atoms with Crippen LogP contribution < -0.4 is 4.90 Å². The monoisotopic (exact) mass is 269 g/mol. The Hall–Kier alpha value is -1.94. The lowest BCUT2D eigenvalue weighted by atomic mass is 10.2. The van der Waals surface area contributed by atoms with E-state index in [4.69, 9.17) is 4.98 Å². The smallest absolute Gasteiger partial charge is 0.186 e. The number of aromatic nitrogens is 2. The van der Waals surface area contributed by atoms with Crippen LogP contribution in [0.5, 0.6) is 0 Å². The third-order valence-electron chi connectivity index (χ3n) is 3.06. The summed E-state index contributed by atoms with van der Waals surface area (Å²) in [5.74, 6) is 0. The molecule has 0 amide bonds. The lowest BCUT2D eigenvalue weighted by molar-refractivity contribution is 0.881. The van der Waals surface area contributed by atoms with Crippen LogP contribution in [0, 0.1) is 6.92 Å². The molecule has 1 aromatic carbocycles. The predicted molar refractivity (Wildman–Crippen MR) is 80.7 cm³/mol. The summed E-state index contributed by atoms with van der Waals surface area (Å²) in [5.41, 5.74) is 3.39. The van der Waals surface area contributed by atoms with Crippen molar-refractivity contribution in [2.24, 2.45) is 0 Å². The van der Waals surface area contributed by atoms with Gasteiger partial charge in [-0.25, -0.2) is 4.98 Å². The van der Waals surface area contributed by atoms with E-state index in [-0.39, 0.29) is 0 Å². The van der Waals surface area contributed by atoms with Crippen molar-refractivity contribution in [1.29, 1.82) is 0 Å². The molecular formula is C15H15N3S. The number of anilines is 1. The second-order valence-corrected chi connectivity index (χ2v) is 5.60. The Labute approximate surface area is 116 Å². The number of benzene rings is 1. The lowest BCUT2D eigenvalue weighted by Crippen LogP contribution is -2.16. The van der Waals surface area contributed by atoms with Crippen molar-refractivity contribution in [3.8, 4) is 0 Å². The first-order chi connectivity index (χ1) is 9.24. The first kappa shape index (κ1) is 12.1. The molecule has 0 saturated heterocycles. The topological polar surface area (TPSA) is 29.0 Å². The quantitative estimate of drug-likeness (QED) is 0.727. The van der Waals surface area contributed by atoms with Gasteiger partial charge in [0.15, 0.2) is 5.13 Å². The molecule has 0 unspecified atom stereocenters. The Kier molecular flexibility index (Phi) is 3.17. The van der Waals surface area contributed by atoms with E-state index in [0.29, 0.717) is 0 Å². The minimum absolute atomic E-state index is 0.777. The van der Waals surface area contributed by atoms with Crippen LogP contribution in [0.3, 0.4) is 0 Å². The molecule has 96 valence electrons. The molecule has 2 aromatic heterocycles. The van der Waals surface area contributed by atoms with Gasteiger partial charge in [-0.15, -0.1) is 0 Å². The van der Waals surface area contributed by atoms with Crippen LogP contribution >= 0.6 is 11.3 Å². The number of nitrogens with zero attached hydrogens (tertiary/aromatic N) is 3. The van der Waals surface area contributed by atoms with Gasteiger partial charge >= 0.3 is 0 Å². The van der Waals surface area contributed by atoms with E-state index in [1.807, 2.05) is 24.4 Å². The molecule has 3 rings (SSSR count). The highest BCUT2D eigenvalue weighted by Gasteiger charge is 2.10. The second-order valence-electron chi connectivity index (χ2n) is 4.60. The molecule has 0 aliphatic rings. The van der Waals surface area contributed by atoms with Crippen LogP contribution in [0.1, 0.15) is 11.3 Å². The van der Waals surface area contributed by atoms with Crippen LogP contribution in [0.4, 0.5) is 5.13 Å². The van der Waals surface area contributed by atoms with E-state index < -0.39 is 0 Å². The van der Waals surface area contributed by atoms with Crippen molar-refractivity contribution in [3.63, 3.8) is 0 Å². The Morgan fingerprint density at radius 3 is 2.79 bits per heavy atom. The number of thiazole rings is 1. The summed E-state index contributed by atoms with van der Waals surface area (Å²) >= 11 is 1.73. The molecule has 19 heavy (non-hydrogen) atoms. The van der Waals surface area contributed by atoms with Crippen molar-refractivity contribution in [3.05, 3.63) is 53.9 Å². The fraction of sp³-hybridized carbons (Fsp3) is 0.200. The Morgan fingerprint density at radius 2 is 2.05 bits per heavy atom. The van der Waals surface area contributed by atoms with E-state index in [1.54, 1.807) is 11.3 Å². The first-order valence-corrected chi connectivity index (χ1v) is 7.03. The maximum absolute atomic E-state index is 4.73. The van der Waals surface area contributed by atoms with Gasteiger partial charge < -0.3 is 4.90 Å². The van der Waals surface area contributed by atoms with Gasteiger partial charge in [-0.1, -0.05) is 29.5 Å². The number of hydrogen-bond donors (Lipinski definition) is 0. The highest BCUT2D eigenvalue weighted by atomic mass is 32.1. The summed E-state index contributed by atoms with van der Waals surface area (Å²) < 4.78 is 1.24. The molecule has 0 N–H and O–H groups in total. The van der Waals surface area contributed by atoms with E-state index in [0.717, 1.165) is 22.9 Å². The molecule has 0 aliphatic heterocycles. The van der Waals surface area contributed by atoms with Crippen LogP contribution in [-0.4, -0.2) is 17.0 Å². The summed E-state index contributed by atoms with van der Waals surface area (Å²) in [4.78, 5) is 11.2. The van der Waals surface area contributed by atoms with Gasteiger partial charge in [0.05, 0.1) is 22.5 Å². The predicted octanol–water partition coefficient (Wildman–Crippen LogP) is 3.64. The first-order valence-electron chi connectivity index (χ1n) is 6.21. The average molecular weight is 269 g/mol. The highest BCUT2D eigenvalue weighted by Crippen LogP contribution is 2.30. The van der Waals surface area contributed by atoms with Crippen molar-refractivity contribution < 1.29 is 0 Å². The van der Waals surface area contributed by atoms with Crippen molar-refractivity contribution in [2.45, 2.75) is 13.5 Å². The summed E-state index contributed by atoms with van der Waals surface area (Å²) in [5, 5.41) is 1.04. The van der Waals surface area contributed by atoms with Crippen LogP contribution in [0.25, 0.3) is 10.2 Å².